The van der Waals surface area contributed by atoms with Gasteiger partial charge in [0.1, 0.15) is 11.9 Å². The number of rotatable bonds is 7. The van der Waals surface area contributed by atoms with Gasteiger partial charge in [0.2, 0.25) is 11.8 Å². The molecule has 2 aromatic rings. The van der Waals surface area contributed by atoms with Gasteiger partial charge >= 0.3 is 0 Å². The number of aryl methyl sites for hydroxylation is 1. The summed E-state index contributed by atoms with van der Waals surface area (Å²) in [6.07, 6.45) is 4.47. The maximum Gasteiger partial charge on any atom is 0.242 e. The van der Waals surface area contributed by atoms with Gasteiger partial charge in [0.15, 0.2) is 0 Å². The topological polar surface area (TPSA) is 49.4 Å². The van der Waals surface area contributed by atoms with Gasteiger partial charge in [0.25, 0.3) is 0 Å². The van der Waals surface area contributed by atoms with Gasteiger partial charge in [-0.2, -0.15) is 0 Å². The standard InChI is InChI=1S/C24H29FN2O2/c1-17-6-5-7-20(14-17)15-23(28)27(16-19-10-12-21(25)13-11-19)18(2)24(29)26-22-8-3-4-9-22/h5-7,10-14,18,22H,3-4,8-9,15-16H2,1-2H3,(H,26,29). The Labute approximate surface area is 172 Å². The monoisotopic (exact) mass is 396 g/mol. The number of carbonyl (C=O) groups is 2. The summed E-state index contributed by atoms with van der Waals surface area (Å²) < 4.78 is 13.3. The van der Waals surface area contributed by atoms with Gasteiger partial charge in [0.05, 0.1) is 6.42 Å². The smallest absolute Gasteiger partial charge is 0.242 e. The number of halogens is 1. The third-order valence-corrected chi connectivity index (χ3v) is 5.57. The number of nitrogens with zero attached hydrogens (tertiary/aromatic N) is 1. The van der Waals surface area contributed by atoms with E-state index in [0.29, 0.717) is 0 Å². The lowest BCUT2D eigenvalue weighted by atomic mass is 10.1. The summed E-state index contributed by atoms with van der Waals surface area (Å²) in [6, 6.07) is 13.5. The van der Waals surface area contributed by atoms with Crippen molar-refractivity contribution in [3.63, 3.8) is 0 Å². The van der Waals surface area contributed by atoms with E-state index >= 15 is 0 Å². The first-order valence-electron chi connectivity index (χ1n) is 10.3. The molecule has 0 aromatic heterocycles. The summed E-state index contributed by atoms with van der Waals surface area (Å²) in [7, 11) is 0. The Bertz CT molecular complexity index is 844. The second-order valence-corrected chi connectivity index (χ2v) is 7.98. The first-order chi connectivity index (χ1) is 13.9. The zero-order valence-corrected chi connectivity index (χ0v) is 17.2. The van der Waals surface area contributed by atoms with Crippen LogP contribution in [0.4, 0.5) is 4.39 Å². The summed E-state index contributed by atoms with van der Waals surface area (Å²) in [4.78, 5) is 27.6. The maximum atomic E-state index is 13.3. The Balaban J connectivity index is 1.76. The van der Waals surface area contributed by atoms with Crippen molar-refractivity contribution in [1.82, 2.24) is 10.2 Å². The van der Waals surface area contributed by atoms with Crippen LogP contribution in [-0.4, -0.2) is 28.8 Å². The highest BCUT2D eigenvalue weighted by Gasteiger charge is 2.28. The molecule has 2 aromatic carbocycles. The summed E-state index contributed by atoms with van der Waals surface area (Å²) >= 11 is 0. The van der Waals surface area contributed by atoms with E-state index in [1.165, 1.54) is 12.1 Å². The molecule has 1 aliphatic rings. The summed E-state index contributed by atoms with van der Waals surface area (Å²) in [5.74, 6) is -0.566. The number of carbonyl (C=O) groups excluding carboxylic acids is 2. The van der Waals surface area contributed by atoms with Crippen molar-refractivity contribution in [2.24, 2.45) is 0 Å². The molecule has 0 spiro atoms. The summed E-state index contributed by atoms with van der Waals surface area (Å²) in [5, 5.41) is 3.09. The van der Waals surface area contributed by atoms with Crippen LogP contribution in [0, 0.1) is 12.7 Å². The Hall–Kier alpha value is -2.69. The van der Waals surface area contributed by atoms with Crippen molar-refractivity contribution >= 4 is 11.8 Å². The number of amides is 2. The molecule has 0 heterocycles. The number of nitrogens with one attached hydrogen (secondary N) is 1. The first kappa shape index (κ1) is 21.0. The van der Waals surface area contributed by atoms with Crippen LogP contribution in [0.2, 0.25) is 0 Å². The molecule has 4 nitrogen and oxygen atoms in total. The number of benzene rings is 2. The van der Waals surface area contributed by atoms with Crippen molar-refractivity contribution in [3.05, 3.63) is 71.0 Å². The second kappa shape index (κ2) is 9.68. The Morgan fingerprint density at radius 3 is 2.45 bits per heavy atom. The van der Waals surface area contributed by atoms with Gasteiger partial charge in [-0.15, -0.1) is 0 Å². The summed E-state index contributed by atoms with van der Waals surface area (Å²) in [5.41, 5.74) is 2.81. The molecule has 1 N–H and O–H groups in total. The van der Waals surface area contributed by atoms with E-state index in [2.05, 4.69) is 5.32 Å². The highest BCUT2D eigenvalue weighted by Crippen LogP contribution is 2.19. The molecular formula is C24H29FN2O2. The van der Waals surface area contributed by atoms with E-state index in [4.69, 9.17) is 0 Å². The highest BCUT2D eigenvalue weighted by atomic mass is 19.1. The molecule has 1 saturated carbocycles. The van der Waals surface area contributed by atoms with E-state index < -0.39 is 6.04 Å². The minimum atomic E-state index is -0.599. The van der Waals surface area contributed by atoms with Crippen molar-refractivity contribution in [2.75, 3.05) is 0 Å². The van der Waals surface area contributed by atoms with Crippen LogP contribution in [0.1, 0.15) is 49.3 Å². The molecule has 1 atom stereocenters. The van der Waals surface area contributed by atoms with E-state index in [-0.39, 0.29) is 36.6 Å². The lowest BCUT2D eigenvalue weighted by Gasteiger charge is -2.30. The Morgan fingerprint density at radius 1 is 1.10 bits per heavy atom. The molecule has 0 radical (unpaired) electrons. The molecular weight excluding hydrogens is 367 g/mol. The summed E-state index contributed by atoms with van der Waals surface area (Å²) in [6.45, 7) is 4.02. The quantitative estimate of drug-likeness (QED) is 0.764. The van der Waals surface area contributed by atoms with Gasteiger partial charge in [-0.05, 0) is 49.9 Å². The fourth-order valence-corrected chi connectivity index (χ4v) is 3.86. The van der Waals surface area contributed by atoms with Crippen LogP contribution in [0.15, 0.2) is 48.5 Å². The zero-order chi connectivity index (χ0) is 20.8. The molecule has 1 aliphatic carbocycles. The SMILES string of the molecule is Cc1cccc(CC(=O)N(Cc2ccc(F)cc2)C(C)C(=O)NC2CCCC2)c1. The number of hydrogen-bond donors (Lipinski definition) is 1. The van der Waals surface area contributed by atoms with E-state index in [9.17, 15) is 14.0 Å². The Morgan fingerprint density at radius 2 is 1.79 bits per heavy atom. The highest BCUT2D eigenvalue weighted by molar-refractivity contribution is 5.88. The second-order valence-electron chi connectivity index (χ2n) is 7.98. The van der Waals surface area contributed by atoms with Crippen LogP contribution in [0.3, 0.4) is 0 Å². The molecule has 0 bridgehead atoms. The fourth-order valence-electron chi connectivity index (χ4n) is 3.86. The maximum absolute atomic E-state index is 13.3. The predicted octanol–water partition coefficient (Wildman–Crippen LogP) is 4.15. The van der Waals surface area contributed by atoms with E-state index in [1.54, 1.807) is 24.0 Å². The molecule has 5 heteroatoms. The molecule has 3 rings (SSSR count). The van der Waals surface area contributed by atoms with Crippen LogP contribution in [0.5, 0.6) is 0 Å². The van der Waals surface area contributed by atoms with Crippen molar-refractivity contribution in [1.29, 1.82) is 0 Å². The molecule has 29 heavy (non-hydrogen) atoms. The lowest BCUT2D eigenvalue weighted by Crippen LogP contribution is -2.50. The lowest BCUT2D eigenvalue weighted by molar-refractivity contribution is -0.140. The predicted molar refractivity (Wildman–Crippen MR) is 112 cm³/mol. The van der Waals surface area contributed by atoms with Crippen LogP contribution < -0.4 is 5.32 Å². The van der Waals surface area contributed by atoms with Gasteiger partial charge in [-0.3, -0.25) is 9.59 Å². The Kier molecular flexibility index (Phi) is 7.02. The molecule has 0 saturated heterocycles. The molecule has 154 valence electrons. The third kappa shape index (κ3) is 5.89. The largest absolute Gasteiger partial charge is 0.352 e. The van der Waals surface area contributed by atoms with Gasteiger partial charge in [0, 0.05) is 12.6 Å². The van der Waals surface area contributed by atoms with Gasteiger partial charge in [-0.1, -0.05) is 54.8 Å². The molecule has 1 unspecified atom stereocenters. The zero-order valence-electron chi connectivity index (χ0n) is 17.2. The van der Waals surface area contributed by atoms with Crippen LogP contribution in [-0.2, 0) is 22.6 Å². The average molecular weight is 397 g/mol. The fraction of sp³-hybridized carbons (Fsp3) is 0.417. The van der Waals surface area contributed by atoms with E-state index in [0.717, 1.165) is 42.4 Å². The minimum absolute atomic E-state index is 0.117. The third-order valence-electron chi connectivity index (χ3n) is 5.57. The van der Waals surface area contributed by atoms with E-state index in [1.807, 2.05) is 31.2 Å². The first-order valence-corrected chi connectivity index (χ1v) is 10.3. The van der Waals surface area contributed by atoms with Crippen molar-refractivity contribution < 1.29 is 14.0 Å². The van der Waals surface area contributed by atoms with Crippen molar-refractivity contribution in [2.45, 2.75) is 64.6 Å². The molecule has 2 amide bonds. The van der Waals surface area contributed by atoms with Crippen molar-refractivity contribution in [3.8, 4) is 0 Å². The van der Waals surface area contributed by atoms with Crippen LogP contribution in [0.25, 0.3) is 0 Å². The number of hydrogen-bond acceptors (Lipinski definition) is 2. The normalized spacial score (nSPS) is 15.1. The molecule has 1 fully saturated rings. The van der Waals surface area contributed by atoms with Crippen LogP contribution >= 0.6 is 0 Å². The minimum Gasteiger partial charge on any atom is -0.352 e. The average Bonchev–Trinajstić information content (AvgIpc) is 3.20. The van der Waals surface area contributed by atoms with Gasteiger partial charge < -0.3 is 10.2 Å². The van der Waals surface area contributed by atoms with Gasteiger partial charge in [-0.25, -0.2) is 4.39 Å². The molecule has 0 aliphatic heterocycles.